The number of rotatable bonds is 7. The van der Waals surface area contributed by atoms with Crippen LogP contribution in [0.5, 0.6) is 0 Å². The molecule has 1 fully saturated rings. The van der Waals surface area contributed by atoms with Crippen LogP contribution >= 0.6 is 0 Å². The van der Waals surface area contributed by atoms with Gasteiger partial charge in [-0.3, -0.25) is 10.1 Å². The van der Waals surface area contributed by atoms with Crippen LogP contribution in [0.2, 0.25) is 0 Å². The molecule has 26 heavy (non-hydrogen) atoms. The Kier molecular flexibility index (Phi) is 6.77. The third-order valence-corrected chi connectivity index (χ3v) is 4.70. The van der Waals surface area contributed by atoms with Gasteiger partial charge in [0, 0.05) is 32.8 Å². The summed E-state index contributed by atoms with van der Waals surface area (Å²) in [6.45, 7) is 3.17. The van der Waals surface area contributed by atoms with E-state index in [1.165, 1.54) is 0 Å². The average molecular weight is 353 g/mol. The molecule has 0 bridgehead atoms. The highest BCUT2D eigenvalue weighted by Crippen LogP contribution is 2.21. The normalized spacial score (nSPS) is 17.5. The van der Waals surface area contributed by atoms with Crippen molar-refractivity contribution in [2.45, 2.75) is 12.1 Å². The van der Waals surface area contributed by atoms with Crippen LogP contribution in [0.3, 0.4) is 0 Å². The van der Waals surface area contributed by atoms with Gasteiger partial charge in [0.05, 0.1) is 19.2 Å². The van der Waals surface area contributed by atoms with Crippen LogP contribution in [0.15, 0.2) is 60.7 Å². The average Bonchev–Trinajstić information content (AvgIpc) is 2.70. The Balaban J connectivity index is 1.65. The minimum Gasteiger partial charge on any atom is -0.383 e. The lowest BCUT2D eigenvalue weighted by Gasteiger charge is -2.34. The molecular weight excluding hydrogens is 326 g/mol. The Morgan fingerprint density at radius 2 is 1.77 bits per heavy atom. The molecule has 0 spiro atoms. The third kappa shape index (κ3) is 4.91. The number of carbonyl (C=O) groups is 1. The molecule has 1 amide bonds. The summed E-state index contributed by atoms with van der Waals surface area (Å²) >= 11 is 0. The molecule has 1 aliphatic rings. The van der Waals surface area contributed by atoms with Crippen LogP contribution in [0.4, 0.5) is 0 Å². The maximum Gasteiger partial charge on any atom is 0.236 e. The van der Waals surface area contributed by atoms with E-state index >= 15 is 0 Å². The Labute approximate surface area is 155 Å². The number of methoxy groups -OCH3 is 1. The molecule has 5 heteroatoms. The van der Waals surface area contributed by atoms with E-state index in [1.807, 2.05) is 41.3 Å². The van der Waals surface area contributed by atoms with Crippen molar-refractivity contribution in [3.63, 3.8) is 0 Å². The molecule has 2 N–H and O–H groups in total. The lowest BCUT2D eigenvalue weighted by Crippen LogP contribution is -2.55. The first-order valence-corrected chi connectivity index (χ1v) is 9.11. The Morgan fingerprint density at radius 1 is 1.15 bits per heavy atom. The number of nitrogens with zero attached hydrogens (tertiary/aromatic N) is 1. The van der Waals surface area contributed by atoms with Gasteiger partial charge in [-0.1, -0.05) is 60.7 Å². The second-order valence-electron chi connectivity index (χ2n) is 6.58. The number of nitrogens with one attached hydrogen (secondary N) is 2. The molecule has 0 aliphatic carbocycles. The molecule has 138 valence electrons. The van der Waals surface area contributed by atoms with Crippen molar-refractivity contribution in [1.82, 2.24) is 15.5 Å². The van der Waals surface area contributed by atoms with Gasteiger partial charge in [0.15, 0.2) is 0 Å². The zero-order valence-corrected chi connectivity index (χ0v) is 15.2. The number of ether oxygens (including phenoxy) is 1. The number of benzene rings is 2. The van der Waals surface area contributed by atoms with Crippen LogP contribution in [0.1, 0.15) is 17.2 Å². The van der Waals surface area contributed by atoms with E-state index < -0.39 is 0 Å². The third-order valence-electron chi connectivity index (χ3n) is 4.70. The second-order valence-corrected chi connectivity index (χ2v) is 6.58. The molecule has 1 unspecified atom stereocenters. The Bertz CT molecular complexity index is 637. The van der Waals surface area contributed by atoms with Gasteiger partial charge in [0.25, 0.3) is 0 Å². The van der Waals surface area contributed by atoms with Crippen molar-refractivity contribution in [3.8, 4) is 0 Å². The lowest BCUT2D eigenvalue weighted by atomic mass is 9.99. The number of amides is 1. The first-order chi connectivity index (χ1) is 12.8. The van der Waals surface area contributed by atoms with Gasteiger partial charge in [0.1, 0.15) is 0 Å². The molecule has 2 aromatic carbocycles. The molecular formula is C21H27N3O2. The summed E-state index contributed by atoms with van der Waals surface area (Å²) < 4.78 is 5.21. The van der Waals surface area contributed by atoms with E-state index in [-0.39, 0.29) is 18.0 Å². The summed E-state index contributed by atoms with van der Waals surface area (Å²) in [7, 11) is 1.69. The van der Waals surface area contributed by atoms with Gasteiger partial charge >= 0.3 is 0 Å². The highest BCUT2D eigenvalue weighted by molar-refractivity contribution is 5.78. The molecule has 2 aromatic rings. The van der Waals surface area contributed by atoms with Crippen LogP contribution in [0, 0.1) is 0 Å². The fraction of sp³-hybridized carbons (Fsp3) is 0.381. The molecule has 0 radical (unpaired) electrons. The number of hydrogen-bond acceptors (Lipinski definition) is 4. The molecule has 0 aromatic heterocycles. The van der Waals surface area contributed by atoms with Crippen LogP contribution in [0.25, 0.3) is 0 Å². The van der Waals surface area contributed by atoms with Gasteiger partial charge in [-0.25, -0.2) is 0 Å². The fourth-order valence-electron chi connectivity index (χ4n) is 3.39. The van der Waals surface area contributed by atoms with Gasteiger partial charge in [-0.05, 0) is 11.1 Å². The predicted octanol–water partition coefficient (Wildman–Crippen LogP) is 1.81. The molecule has 1 heterocycles. The van der Waals surface area contributed by atoms with Crippen molar-refractivity contribution in [1.29, 1.82) is 0 Å². The summed E-state index contributed by atoms with van der Waals surface area (Å²) in [5.74, 6) is 0.129. The van der Waals surface area contributed by atoms with Gasteiger partial charge in [-0.15, -0.1) is 0 Å². The van der Waals surface area contributed by atoms with Crippen molar-refractivity contribution in [2.75, 3.05) is 39.9 Å². The zero-order valence-electron chi connectivity index (χ0n) is 15.2. The summed E-state index contributed by atoms with van der Waals surface area (Å²) in [4.78, 5) is 14.6. The monoisotopic (exact) mass is 353 g/mol. The first kappa shape index (κ1) is 18.6. The highest BCUT2D eigenvalue weighted by Gasteiger charge is 2.24. The van der Waals surface area contributed by atoms with Crippen LogP contribution in [-0.2, 0) is 9.53 Å². The summed E-state index contributed by atoms with van der Waals surface area (Å²) in [6, 6.07) is 20.7. The quantitative estimate of drug-likeness (QED) is 0.797. The smallest absolute Gasteiger partial charge is 0.236 e. The number of carbonyl (C=O) groups excluding carboxylic acids is 1. The van der Waals surface area contributed by atoms with Crippen molar-refractivity contribution in [2.24, 2.45) is 0 Å². The van der Waals surface area contributed by atoms with Gasteiger partial charge < -0.3 is 15.0 Å². The number of piperazine rings is 1. The predicted molar refractivity (Wildman–Crippen MR) is 103 cm³/mol. The molecule has 0 saturated carbocycles. The standard InChI is InChI=1S/C21H27N3O2/c1-26-16-19-15-24(13-12-22-19)20(25)14-23-21(17-8-4-2-5-9-17)18-10-6-3-7-11-18/h2-11,19,21-23H,12-16H2,1H3. The van der Waals surface area contributed by atoms with E-state index in [4.69, 9.17) is 4.74 Å². The first-order valence-electron chi connectivity index (χ1n) is 9.11. The molecule has 3 rings (SSSR count). The van der Waals surface area contributed by atoms with E-state index in [1.54, 1.807) is 7.11 Å². The maximum absolute atomic E-state index is 12.7. The van der Waals surface area contributed by atoms with E-state index in [2.05, 4.69) is 34.9 Å². The van der Waals surface area contributed by atoms with Gasteiger partial charge in [-0.2, -0.15) is 0 Å². The fourth-order valence-corrected chi connectivity index (χ4v) is 3.39. The molecule has 5 nitrogen and oxygen atoms in total. The van der Waals surface area contributed by atoms with E-state index in [0.29, 0.717) is 19.7 Å². The van der Waals surface area contributed by atoms with Crippen molar-refractivity contribution >= 4 is 5.91 Å². The minimum absolute atomic E-state index is 0.000891. The summed E-state index contributed by atoms with van der Waals surface area (Å²) in [6.07, 6.45) is 0. The van der Waals surface area contributed by atoms with Crippen molar-refractivity contribution in [3.05, 3.63) is 71.8 Å². The topological polar surface area (TPSA) is 53.6 Å². The Hall–Kier alpha value is -2.21. The largest absolute Gasteiger partial charge is 0.383 e. The molecule has 1 atom stereocenters. The lowest BCUT2D eigenvalue weighted by molar-refractivity contribution is -0.131. The molecule has 1 saturated heterocycles. The van der Waals surface area contributed by atoms with E-state index in [9.17, 15) is 4.79 Å². The van der Waals surface area contributed by atoms with Crippen LogP contribution in [-0.4, -0.2) is 56.7 Å². The zero-order chi connectivity index (χ0) is 18.2. The highest BCUT2D eigenvalue weighted by atomic mass is 16.5. The maximum atomic E-state index is 12.7. The summed E-state index contributed by atoms with van der Waals surface area (Å²) in [5, 5.41) is 6.84. The van der Waals surface area contributed by atoms with Crippen LogP contribution < -0.4 is 10.6 Å². The van der Waals surface area contributed by atoms with Crippen molar-refractivity contribution < 1.29 is 9.53 Å². The molecule has 1 aliphatic heterocycles. The van der Waals surface area contributed by atoms with Gasteiger partial charge in [0.2, 0.25) is 5.91 Å². The number of hydrogen-bond donors (Lipinski definition) is 2. The second kappa shape index (κ2) is 9.48. The van der Waals surface area contributed by atoms with E-state index in [0.717, 1.165) is 24.2 Å². The Morgan fingerprint density at radius 3 is 2.35 bits per heavy atom. The SMILES string of the molecule is COCC1CN(C(=O)CNC(c2ccccc2)c2ccccc2)CCN1. The minimum atomic E-state index is -0.000891. The summed E-state index contributed by atoms with van der Waals surface area (Å²) in [5.41, 5.74) is 2.31.